The van der Waals surface area contributed by atoms with E-state index in [1.54, 1.807) is 7.11 Å². The molecule has 4 heteroatoms. The number of carbonyl (C=O) groups excluding carboxylic acids is 1. The van der Waals surface area contributed by atoms with Crippen molar-refractivity contribution in [2.24, 2.45) is 0 Å². The van der Waals surface area contributed by atoms with Gasteiger partial charge < -0.3 is 14.8 Å². The quantitative estimate of drug-likeness (QED) is 0.654. The molecule has 4 nitrogen and oxygen atoms in total. The number of esters is 1. The van der Waals surface area contributed by atoms with E-state index in [1.165, 1.54) is 0 Å². The molecule has 0 saturated carbocycles. The molecule has 90 valence electrons. The van der Waals surface area contributed by atoms with Crippen LogP contribution in [-0.4, -0.2) is 37.9 Å². The number of rotatable bonds is 7. The summed E-state index contributed by atoms with van der Waals surface area (Å²) < 4.78 is 9.96. The third kappa shape index (κ3) is 7.33. The number of nitrogens with one attached hydrogen (secondary N) is 1. The maximum atomic E-state index is 11.2. The van der Waals surface area contributed by atoms with Gasteiger partial charge in [-0.15, -0.1) is 0 Å². The van der Waals surface area contributed by atoms with Gasteiger partial charge in [0.05, 0.1) is 19.6 Å². The number of hydrogen-bond acceptors (Lipinski definition) is 4. The van der Waals surface area contributed by atoms with Gasteiger partial charge in [0, 0.05) is 18.7 Å². The van der Waals surface area contributed by atoms with Gasteiger partial charge in [0.25, 0.3) is 0 Å². The van der Waals surface area contributed by atoms with Crippen LogP contribution in [0.2, 0.25) is 0 Å². The normalized spacial score (nSPS) is 13.7. The van der Waals surface area contributed by atoms with Crippen LogP contribution >= 0.6 is 0 Å². The predicted molar refractivity (Wildman–Crippen MR) is 59.8 cm³/mol. The standard InChI is InChI=1S/C11H23NO3/c1-6-15-10(13)7-9(2)12-11(3,4)8-14-5/h9,12H,6-8H2,1-5H3. The molecule has 1 N–H and O–H groups in total. The lowest BCUT2D eigenvalue weighted by molar-refractivity contribution is -0.143. The maximum absolute atomic E-state index is 11.2. The molecule has 0 aromatic carbocycles. The zero-order chi connectivity index (χ0) is 11.9. The first kappa shape index (κ1) is 14.4. The lowest BCUT2D eigenvalue weighted by atomic mass is 10.0. The second-order valence-corrected chi connectivity index (χ2v) is 4.37. The van der Waals surface area contributed by atoms with Crippen LogP contribution in [0.1, 0.15) is 34.1 Å². The van der Waals surface area contributed by atoms with Crippen molar-refractivity contribution in [1.82, 2.24) is 5.32 Å². The molecular weight excluding hydrogens is 194 g/mol. The molecule has 0 aliphatic carbocycles. The van der Waals surface area contributed by atoms with Crippen LogP contribution in [0.5, 0.6) is 0 Å². The molecule has 1 unspecified atom stereocenters. The first-order chi connectivity index (χ1) is 6.91. The van der Waals surface area contributed by atoms with E-state index in [1.807, 2.05) is 27.7 Å². The van der Waals surface area contributed by atoms with E-state index in [-0.39, 0.29) is 17.6 Å². The largest absolute Gasteiger partial charge is 0.466 e. The lowest BCUT2D eigenvalue weighted by Gasteiger charge is -2.29. The van der Waals surface area contributed by atoms with Crippen molar-refractivity contribution in [1.29, 1.82) is 0 Å². The monoisotopic (exact) mass is 217 g/mol. The van der Waals surface area contributed by atoms with Gasteiger partial charge in [-0.2, -0.15) is 0 Å². The smallest absolute Gasteiger partial charge is 0.307 e. The molecule has 0 heterocycles. The van der Waals surface area contributed by atoms with Gasteiger partial charge in [0.15, 0.2) is 0 Å². The molecule has 0 rings (SSSR count). The van der Waals surface area contributed by atoms with Crippen molar-refractivity contribution in [3.8, 4) is 0 Å². The highest BCUT2D eigenvalue weighted by atomic mass is 16.5. The first-order valence-corrected chi connectivity index (χ1v) is 5.33. The summed E-state index contributed by atoms with van der Waals surface area (Å²) >= 11 is 0. The van der Waals surface area contributed by atoms with Gasteiger partial charge in [-0.25, -0.2) is 0 Å². The van der Waals surface area contributed by atoms with E-state index in [9.17, 15) is 4.79 Å². The van der Waals surface area contributed by atoms with Crippen molar-refractivity contribution in [2.45, 2.75) is 45.7 Å². The first-order valence-electron chi connectivity index (χ1n) is 5.33. The summed E-state index contributed by atoms with van der Waals surface area (Å²) in [7, 11) is 1.67. The van der Waals surface area contributed by atoms with E-state index in [0.29, 0.717) is 19.6 Å². The molecular formula is C11H23NO3. The molecule has 0 aliphatic rings. The summed E-state index contributed by atoms with van der Waals surface area (Å²) in [5.74, 6) is -0.161. The number of ether oxygens (including phenoxy) is 2. The van der Waals surface area contributed by atoms with Gasteiger partial charge in [0.2, 0.25) is 0 Å². The van der Waals surface area contributed by atoms with Gasteiger partial charge in [0.1, 0.15) is 0 Å². The Bertz CT molecular complexity index is 192. The van der Waals surface area contributed by atoms with E-state index in [0.717, 1.165) is 0 Å². The van der Waals surface area contributed by atoms with Crippen LogP contribution in [0.25, 0.3) is 0 Å². The molecule has 0 amide bonds. The fourth-order valence-corrected chi connectivity index (χ4v) is 1.59. The highest BCUT2D eigenvalue weighted by Crippen LogP contribution is 2.06. The number of carbonyl (C=O) groups is 1. The number of hydrogen-bond donors (Lipinski definition) is 1. The minimum Gasteiger partial charge on any atom is -0.466 e. The lowest BCUT2D eigenvalue weighted by Crippen LogP contribution is -2.48. The zero-order valence-corrected chi connectivity index (χ0v) is 10.4. The van der Waals surface area contributed by atoms with Crippen LogP contribution < -0.4 is 5.32 Å². The minimum absolute atomic E-state index is 0.0919. The molecule has 15 heavy (non-hydrogen) atoms. The fraction of sp³-hybridized carbons (Fsp3) is 0.909. The van der Waals surface area contributed by atoms with Crippen LogP contribution in [0.15, 0.2) is 0 Å². The molecule has 0 spiro atoms. The molecule has 1 atom stereocenters. The Morgan fingerprint density at radius 2 is 2.07 bits per heavy atom. The summed E-state index contributed by atoms with van der Waals surface area (Å²) in [6.45, 7) is 8.91. The molecule has 0 radical (unpaired) electrons. The average Bonchev–Trinajstić information content (AvgIpc) is 2.01. The van der Waals surface area contributed by atoms with Gasteiger partial charge >= 0.3 is 5.97 Å². The summed E-state index contributed by atoms with van der Waals surface area (Å²) in [6, 6.07) is 0.0919. The van der Waals surface area contributed by atoms with E-state index >= 15 is 0 Å². The fourth-order valence-electron chi connectivity index (χ4n) is 1.59. The van der Waals surface area contributed by atoms with E-state index < -0.39 is 0 Å². The van der Waals surface area contributed by atoms with Gasteiger partial charge in [-0.05, 0) is 27.7 Å². The van der Waals surface area contributed by atoms with Crippen LogP contribution in [0, 0.1) is 0 Å². The van der Waals surface area contributed by atoms with Crippen molar-refractivity contribution < 1.29 is 14.3 Å². The van der Waals surface area contributed by atoms with Crippen molar-refractivity contribution in [3.63, 3.8) is 0 Å². The third-order valence-electron chi connectivity index (χ3n) is 1.92. The van der Waals surface area contributed by atoms with Gasteiger partial charge in [-0.1, -0.05) is 0 Å². The molecule has 0 saturated heterocycles. The highest BCUT2D eigenvalue weighted by Gasteiger charge is 2.21. The molecule has 0 aromatic rings. The minimum atomic E-state index is -0.161. The SMILES string of the molecule is CCOC(=O)CC(C)NC(C)(C)COC. The van der Waals surface area contributed by atoms with Crippen molar-refractivity contribution >= 4 is 5.97 Å². The Labute approximate surface area is 92.3 Å². The summed E-state index contributed by atoms with van der Waals surface area (Å²) in [6.07, 6.45) is 0.390. The highest BCUT2D eigenvalue weighted by molar-refractivity contribution is 5.70. The summed E-state index contributed by atoms with van der Waals surface area (Å²) in [5, 5.41) is 3.32. The number of methoxy groups -OCH3 is 1. The topological polar surface area (TPSA) is 47.6 Å². The maximum Gasteiger partial charge on any atom is 0.307 e. The van der Waals surface area contributed by atoms with Gasteiger partial charge in [-0.3, -0.25) is 4.79 Å². The predicted octanol–water partition coefficient (Wildman–Crippen LogP) is 1.34. The molecule has 0 fully saturated rings. The Balaban J connectivity index is 3.91. The Kier molecular flexibility index (Phi) is 6.52. The average molecular weight is 217 g/mol. The molecule has 0 aromatic heterocycles. The zero-order valence-electron chi connectivity index (χ0n) is 10.4. The second-order valence-electron chi connectivity index (χ2n) is 4.37. The Hall–Kier alpha value is -0.610. The van der Waals surface area contributed by atoms with Crippen molar-refractivity contribution in [2.75, 3.05) is 20.3 Å². The molecule has 0 aliphatic heterocycles. The van der Waals surface area contributed by atoms with E-state index in [4.69, 9.17) is 9.47 Å². The molecule has 0 bridgehead atoms. The third-order valence-corrected chi connectivity index (χ3v) is 1.92. The second kappa shape index (κ2) is 6.80. The van der Waals surface area contributed by atoms with Crippen molar-refractivity contribution in [3.05, 3.63) is 0 Å². The van der Waals surface area contributed by atoms with Crippen LogP contribution in [0.3, 0.4) is 0 Å². The Morgan fingerprint density at radius 1 is 1.47 bits per heavy atom. The van der Waals surface area contributed by atoms with Crippen LogP contribution in [0.4, 0.5) is 0 Å². The van der Waals surface area contributed by atoms with E-state index in [2.05, 4.69) is 5.32 Å². The van der Waals surface area contributed by atoms with Crippen LogP contribution in [-0.2, 0) is 14.3 Å². The Morgan fingerprint density at radius 3 is 2.53 bits per heavy atom. The summed E-state index contributed by atoms with van der Waals surface area (Å²) in [4.78, 5) is 11.2. The summed E-state index contributed by atoms with van der Waals surface area (Å²) in [5.41, 5.74) is -0.124.